The summed E-state index contributed by atoms with van der Waals surface area (Å²) in [6.07, 6.45) is -2.34. The number of nitrogens with zero attached hydrogens (tertiary/aromatic N) is 4. The van der Waals surface area contributed by atoms with E-state index in [0.29, 0.717) is 42.9 Å². The van der Waals surface area contributed by atoms with Gasteiger partial charge in [0.2, 0.25) is 5.91 Å². The van der Waals surface area contributed by atoms with E-state index in [0.717, 1.165) is 22.8 Å². The molecular weight excluding hydrogens is 637 g/mol. The van der Waals surface area contributed by atoms with E-state index in [-0.39, 0.29) is 39.6 Å². The van der Waals surface area contributed by atoms with Gasteiger partial charge in [0.15, 0.2) is 6.10 Å². The van der Waals surface area contributed by atoms with Crippen LogP contribution in [0.3, 0.4) is 0 Å². The van der Waals surface area contributed by atoms with E-state index in [9.17, 15) is 30.9 Å². The number of pyridine rings is 1. The Bertz CT molecular complexity index is 1610. The molecule has 2 aliphatic heterocycles. The van der Waals surface area contributed by atoms with Crippen molar-refractivity contribution in [3.05, 3.63) is 74.3 Å². The Morgan fingerprint density at radius 2 is 1.98 bits per heavy atom. The SMILES string of the molecule is O=C(CSc1ncccc1C(F)(F)F)N1CCC(c2nc(C3=NOC(c4c(Cl)cccc4CS(=O)(=O)[O-])C3)cs2)CC1. The van der Waals surface area contributed by atoms with E-state index in [1.54, 1.807) is 17.0 Å². The highest BCUT2D eigenvalue weighted by Crippen LogP contribution is 2.38. The molecule has 1 unspecified atom stereocenters. The second-order valence-corrected chi connectivity index (χ2v) is 13.4. The number of likely N-dealkylation sites (tertiary alicyclic amines) is 1. The number of rotatable bonds is 8. The van der Waals surface area contributed by atoms with Gasteiger partial charge in [-0.25, -0.2) is 18.4 Å². The summed E-state index contributed by atoms with van der Waals surface area (Å²) in [6.45, 7) is 0.911. The van der Waals surface area contributed by atoms with Crippen molar-refractivity contribution in [2.45, 2.75) is 48.2 Å². The second kappa shape index (κ2) is 12.5. The Kier molecular flexibility index (Phi) is 9.13. The van der Waals surface area contributed by atoms with Crippen LogP contribution in [0.25, 0.3) is 0 Å². The third-order valence-corrected chi connectivity index (χ3v) is 9.88. The van der Waals surface area contributed by atoms with Crippen LogP contribution in [-0.2, 0) is 31.7 Å². The van der Waals surface area contributed by atoms with Crippen molar-refractivity contribution >= 4 is 56.4 Å². The number of oxime groups is 1. The number of carbonyl (C=O) groups is 1. The molecule has 1 amide bonds. The molecule has 1 aromatic carbocycles. The number of aromatic nitrogens is 2. The molecule has 0 N–H and O–H groups in total. The van der Waals surface area contributed by atoms with Gasteiger partial charge in [-0.1, -0.05) is 40.7 Å². The predicted octanol–water partition coefficient (Wildman–Crippen LogP) is 5.62. The quantitative estimate of drug-likeness (QED) is 0.225. The minimum absolute atomic E-state index is 0.101. The summed E-state index contributed by atoms with van der Waals surface area (Å²) in [7, 11) is -4.54. The fourth-order valence-corrected chi connectivity index (χ4v) is 7.73. The summed E-state index contributed by atoms with van der Waals surface area (Å²) in [4.78, 5) is 28.5. The van der Waals surface area contributed by atoms with Gasteiger partial charge < -0.3 is 14.3 Å². The van der Waals surface area contributed by atoms with Crippen LogP contribution in [0.4, 0.5) is 13.2 Å². The van der Waals surface area contributed by atoms with Crippen LogP contribution in [0.2, 0.25) is 5.02 Å². The number of piperidine rings is 1. The first-order valence-corrected chi connectivity index (χ1v) is 16.5. The van der Waals surface area contributed by atoms with Crippen molar-refractivity contribution in [3.8, 4) is 0 Å². The van der Waals surface area contributed by atoms with Gasteiger partial charge in [-0.15, -0.1) is 11.3 Å². The Labute approximate surface area is 252 Å². The van der Waals surface area contributed by atoms with Gasteiger partial charge in [-0.05, 0) is 36.6 Å². The third kappa shape index (κ3) is 7.25. The highest BCUT2D eigenvalue weighted by Gasteiger charge is 2.35. The van der Waals surface area contributed by atoms with Crippen molar-refractivity contribution in [1.29, 1.82) is 0 Å². The van der Waals surface area contributed by atoms with Crippen LogP contribution in [0, 0.1) is 0 Å². The van der Waals surface area contributed by atoms with Crippen LogP contribution in [0.5, 0.6) is 0 Å². The number of thioether (sulfide) groups is 1. The number of benzene rings is 1. The summed E-state index contributed by atoms with van der Waals surface area (Å²) < 4.78 is 73.8. The molecule has 2 aromatic heterocycles. The molecule has 5 rings (SSSR count). The largest absolute Gasteiger partial charge is 0.748 e. The standard InChI is InChI=1S/C26H24ClF3N4O5S3/c27-18-5-1-3-16(14-42(36,37)38)23(18)21-11-19(33-39-21)20-12-40-24(32-20)15-6-9-34(10-7-15)22(35)13-41-25-17(26(28,29)30)4-2-8-31-25/h1-5,8,12,15,21H,6-7,9-11,13-14H2,(H,36,37,38)/p-1. The number of hydrogen-bond acceptors (Lipinski definition) is 10. The van der Waals surface area contributed by atoms with Crippen LogP contribution < -0.4 is 0 Å². The fourth-order valence-electron chi connectivity index (χ4n) is 4.87. The van der Waals surface area contributed by atoms with Gasteiger partial charge >= 0.3 is 6.18 Å². The minimum atomic E-state index is -4.54. The molecule has 0 saturated carbocycles. The van der Waals surface area contributed by atoms with Crippen molar-refractivity contribution in [3.63, 3.8) is 0 Å². The summed E-state index contributed by atoms with van der Waals surface area (Å²) in [5.74, 6) is -0.995. The smallest absolute Gasteiger partial charge is 0.419 e. The van der Waals surface area contributed by atoms with E-state index >= 15 is 0 Å². The number of carbonyl (C=O) groups excluding carboxylic acids is 1. The molecule has 9 nitrogen and oxygen atoms in total. The van der Waals surface area contributed by atoms with Gasteiger partial charge in [0.1, 0.15) is 10.7 Å². The lowest BCUT2D eigenvalue weighted by Crippen LogP contribution is -2.39. The summed E-state index contributed by atoms with van der Waals surface area (Å²) >= 11 is 8.57. The molecule has 4 heterocycles. The van der Waals surface area contributed by atoms with Gasteiger partial charge in [0.05, 0.1) is 37.9 Å². The zero-order valence-corrected chi connectivity index (χ0v) is 24.9. The van der Waals surface area contributed by atoms with Gasteiger partial charge in [-0.3, -0.25) is 4.79 Å². The van der Waals surface area contributed by atoms with E-state index in [1.165, 1.54) is 29.7 Å². The first-order valence-electron chi connectivity index (χ1n) is 12.7. The van der Waals surface area contributed by atoms with Gasteiger partial charge in [0.25, 0.3) is 0 Å². The maximum atomic E-state index is 13.2. The third-order valence-electron chi connectivity index (χ3n) is 6.89. The Balaban J connectivity index is 1.16. The average Bonchev–Trinajstić information content (AvgIpc) is 3.61. The zero-order valence-electron chi connectivity index (χ0n) is 21.7. The second-order valence-electron chi connectivity index (χ2n) is 9.72. The first kappa shape index (κ1) is 30.7. The molecule has 3 aromatic rings. The summed E-state index contributed by atoms with van der Waals surface area (Å²) in [6, 6.07) is 6.85. The highest BCUT2D eigenvalue weighted by atomic mass is 35.5. The van der Waals surface area contributed by atoms with Crippen molar-refractivity contribution in [1.82, 2.24) is 14.9 Å². The molecule has 1 atom stereocenters. The van der Waals surface area contributed by atoms with Crippen molar-refractivity contribution < 1.29 is 35.8 Å². The average molecular weight is 660 g/mol. The molecule has 16 heteroatoms. The molecule has 0 spiro atoms. The number of halogens is 4. The molecule has 1 saturated heterocycles. The lowest BCUT2D eigenvalue weighted by Gasteiger charge is -2.31. The van der Waals surface area contributed by atoms with E-state index in [1.807, 2.05) is 5.38 Å². The number of alkyl halides is 3. The van der Waals surface area contributed by atoms with Crippen LogP contribution >= 0.6 is 34.7 Å². The number of hydrogen-bond donors (Lipinski definition) is 0. The van der Waals surface area contributed by atoms with E-state index < -0.39 is 33.7 Å². The predicted molar refractivity (Wildman–Crippen MR) is 150 cm³/mol. The van der Waals surface area contributed by atoms with Crippen LogP contribution in [-0.4, -0.2) is 58.3 Å². The van der Waals surface area contributed by atoms with E-state index in [2.05, 4.69) is 10.1 Å². The molecule has 0 aliphatic carbocycles. The topological polar surface area (TPSA) is 125 Å². The monoisotopic (exact) mass is 659 g/mol. The van der Waals surface area contributed by atoms with Crippen molar-refractivity contribution in [2.24, 2.45) is 5.16 Å². The first-order chi connectivity index (χ1) is 19.9. The Morgan fingerprint density at radius 1 is 1.21 bits per heavy atom. The minimum Gasteiger partial charge on any atom is -0.748 e. The van der Waals surface area contributed by atoms with Crippen LogP contribution in [0.15, 0.2) is 52.1 Å². The Morgan fingerprint density at radius 3 is 2.69 bits per heavy atom. The molecule has 2 aliphatic rings. The number of amides is 1. The normalized spacial score (nSPS) is 18.2. The molecule has 224 valence electrons. The molecule has 0 radical (unpaired) electrons. The summed E-state index contributed by atoms with van der Waals surface area (Å²) in [5, 5.41) is 6.93. The molecular formula is C26H23ClF3N4O5S3-. The highest BCUT2D eigenvalue weighted by molar-refractivity contribution is 7.99. The molecule has 42 heavy (non-hydrogen) atoms. The van der Waals surface area contributed by atoms with Crippen LogP contribution in [0.1, 0.15) is 58.7 Å². The lowest BCUT2D eigenvalue weighted by molar-refractivity contribution is -0.140. The van der Waals surface area contributed by atoms with E-state index in [4.69, 9.17) is 21.4 Å². The van der Waals surface area contributed by atoms with Crippen molar-refractivity contribution in [2.75, 3.05) is 18.8 Å². The van der Waals surface area contributed by atoms with Gasteiger partial charge in [0, 0.05) is 47.6 Å². The Hall–Kier alpha value is -2.72. The lowest BCUT2D eigenvalue weighted by atomic mass is 9.97. The molecule has 1 fully saturated rings. The maximum Gasteiger partial charge on any atom is 0.419 e. The molecule has 0 bridgehead atoms. The summed E-state index contributed by atoms with van der Waals surface area (Å²) in [5.41, 5.74) is 0.996. The van der Waals surface area contributed by atoms with Gasteiger partial charge in [-0.2, -0.15) is 13.2 Å². The number of thiazole rings is 1. The fraction of sp³-hybridized carbons (Fsp3) is 0.385. The maximum absolute atomic E-state index is 13.2. The zero-order chi connectivity index (χ0) is 30.1.